The number of aryl methyl sites for hydroxylation is 1. The van der Waals surface area contributed by atoms with Crippen molar-refractivity contribution in [2.45, 2.75) is 56.8 Å². The lowest BCUT2D eigenvalue weighted by Gasteiger charge is -2.34. The number of rotatable bonds is 3. The maximum atomic E-state index is 6.31. The summed E-state index contributed by atoms with van der Waals surface area (Å²) in [7, 11) is 2.06. The van der Waals surface area contributed by atoms with Crippen molar-refractivity contribution in [2.75, 3.05) is 7.05 Å². The molecule has 1 saturated carbocycles. The second-order valence-corrected chi connectivity index (χ2v) is 5.58. The Morgan fingerprint density at radius 1 is 1.11 bits per heavy atom. The van der Waals surface area contributed by atoms with Gasteiger partial charge in [0.05, 0.1) is 18.2 Å². The van der Waals surface area contributed by atoms with E-state index in [1.54, 1.807) is 0 Å². The summed E-state index contributed by atoms with van der Waals surface area (Å²) in [6, 6.07) is 9.20. The topological polar surface area (TPSA) is 21.3 Å². The third-order valence-electron chi connectivity index (χ3n) is 4.43. The Kier molecular flexibility index (Phi) is 3.67. The standard InChI is InChI=1S/C16H23NO/c1-17-16-14-10-3-2-6-12(14)7-4-11-15(16)18-13-8-5-9-13/h2-3,6,10,13,15-17H,4-5,7-9,11H2,1H3. The largest absolute Gasteiger partial charge is 0.373 e. The highest BCUT2D eigenvalue weighted by atomic mass is 16.5. The zero-order valence-electron chi connectivity index (χ0n) is 11.2. The van der Waals surface area contributed by atoms with Gasteiger partial charge in [-0.2, -0.15) is 0 Å². The SMILES string of the molecule is CNC1c2ccccc2CCCC1OC1CCC1. The second-order valence-electron chi connectivity index (χ2n) is 5.58. The van der Waals surface area contributed by atoms with Gasteiger partial charge in [0.25, 0.3) is 0 Å². The summed E-state index contributed by atoms with van der Waals surface area (Å²) in [5.41, 5.74) is 2.94. The van der Waals surface area contributed by atoms with E-state index in [-0.39, 0.29) is 0 Å². The Morgan fingerprint density at radius 2 is 1.94 bits per heavy atom. The van der Waals surface area contributed by atoms with Crippen LogP contribution < -0.4 is 5.32 Å². The molecule has 2 aliphatic carbocycles. The van der Waals surface area contributed by atoms with Crippen molar-refractivity contribution in [1.29, 1.82) is 0 Å². The minimum absolute atomic E-state index is 0.351. The first-order chi connectivity index (χ1) is 8.88. The highest BCUT2D eigenvalue weighted by molar-refractivity contribution is 5.32. The molecule has 1 fully saturated rings. The maximum Gasteiger partial charge on any atom is 0.0773 e. The van der Waals surface area contributed by atoms with Gasteiger partial charge < -0.3 is 10.1 Å². The highest BCUT2D eigenvalue weighted by Gasteiger charge is 2.30. The summed E-state index contributed by atoms with van der Waals surface area (Å²) in [6.07, 6.45) is 8.35. The van der Waals surface area contributed by atoms with Crippen LogP contribution in [-0.2, 0) is 11.2 Å². The van der Waals surface area contributed by atoms with Crippen LogP contribution in [-0.4, -0.2) is 19.3 Å². The van der Waals surface area contributed by atoms with Crippen molar-refractivity contribution >= 4 is 0 Å². The molecule has 0 heterocycles. The van der Waals surface area contributed by atoms with Crippen molar-refractivity contribution in [1.82, 2.24) is 5.32 Å². The summed E-state index contributed by atoms with van der Waals surface area (Å²) in [5.74, 6) is 0. The van der Waals surface area contributed by atoms with E-state index in [1.807, 2.05) is 0 Å². The normalized spacial score (nSPS) is 28.3. The van der Waals surface area contributed by atoms with Crippen LogP contribution in [0.5, 0.6) is 0 Å². The zero-order valence-corrected chi connectivity index (χ0v) is 11.2. The van der Waals surface area contributed by atoms with Gasteiger partial charge >= 0.3 is 0 Å². The van der Waals surface area contributed by atoms with Gasteiger partial charge in [-0.05, 0) is 56.7 Å². The van der Waals surface area contributed by atoms with E-state index >= 15 is 0 Å². The molecule has 0 saturated heterocycles. The Morgan fingerprint density at radius 3 is 2.67 bits per heavy atom. The second kappa shape index (κ2) is 5.41. The molecule has 0 amide bonds. The van der Waals surface area contributed by atoms with Crippen LogP contribution in [0, 0.1) is 0 Å². The first kappa shape index (κ1) is 12.2. The Labute approximate surface area is 110 Å². The molecule has 3 rings (SSSR count). The fraction of sp³-hybridized carbons (Fsp3) is 0.625. The smallest absolute Gasteiger partial charge is 0.0773 e. The number of ether oxygens (including phenoxy) is 1. The summed E-state index contributed by atoms with van der Waals surface area (Å²) in [5, 5.41) is 3.48. The third kappa shape index (κ3) is 2.32. The van der Waals surface area contributed by atoms with E-state index in [1.165, 1.54) is 49.7 Å². The molecule has 0 aliphatic heterocycles. The molecule has 0 aromatic heterocycles. The van der Waals surface area contributed by atoms with Crippen molar-refractivity contribution in [3.8, 4) is 0 Å². The summed E-state index contributed by atoms with van der Waals surface area (Å²) < 4.78 is 6.31. The van der Waals surface area contributed by atoms with Crippen LogP contribution in [0.3, 0.4) is 0 Å². The molecule has 18 heavy (non-hydrogen) atoms. The van der Waals surface area contributed by atoms with Crippen molar-refractivity contribution < 1.29 is 4.74 Å². The summed E-state index contributed by atoms with van der Waals surface area (Å²) in [4.78, 5) is 0. The van der Waals surface area contributed by atoms with Gasteiger partial charge in [-0.25, -0.2) is 0 Å². The van der Waals surface area contributed by atoms with Crippen molar-refractivity contribution in [3.63, 3.8) is 0 Å². The van der Waals surface area contributed by atoms with Gasteiger partial charge in [0, 0.05) is 0 Å². The Hall–Kier alpha value is -0.860. The predicted octanol–water partition coefficient (Wildman–Crippen LogP) is 3.22. The summed E-state index contributed by atoms with van der Waals surface area (Å²) in [6.45, 7) is 0. The van der Waals surface area contributed by atoms with Gasteiger partial charge in [-0.3, -0.25) is 0 Å². The minimum atomic E-state index is 0.351. The molecule has 2 nitrogen and oxygen atoms in total. The molecule has 1 aromatic carbocycles. The number of nitrogens with one attached hydrogen (secondary N) is 1. The van der Waals surface area contributed by atoms with Crippen molar-refractivity contribution in [2.24, 2.45) is 0 Å². The molecule has 0 radical (unpaired) electrons. The molecule has 2 unspecified atom stereocenters. The van der Waals surface area contributed by atoms with Gasteiger partial charge in [-0.15, -0.1) is 0 Å². The van der Waals surface area contributed by atoms with Crippen molar-refractivity contribution in [3.05, 3.63) is 35.4 Å². The van der Waals surface area contributed by atoms with E-state index in [0.29, 0.717) is 18.2 Å². The van der Waals surface area contributed by atoms with Gasteiger partial charge in [0.15, 0.2) is 0 Å². The van der Waals surface area contributed by atoms with Crippen LogP contribution in [0.2, 0.25) is 0 Å². The molecule has 2 aliphatic rings. The van der Waals surface area contributed by atoms with Gasteiger partial charge in [0.1, 0.15) is 0 Å². The van der Waals surface area contributed by atoms with Crippen LogP contribution in [0.15, 0.2) is 24.3 Å². The molecule has 98 valence electrons. The molecule has 0 spiro atoms. The predicted molar refractivity (Wildman–Crippen MR) is 73.7 cm³/mol. The number of likely N-dealkylation sites (N-methyl/N-ethyl adjacent to an activating group) is 1. The average molecular weight is 245 g/mol. The first-order valence-electron chi connectivity index (χ1n) is 7.29. The molecule has 2 atom stereocenters. The fourth-order valence-corrected chi connectivity index (χ4v) is 3.17. The molecule has 1 aromatic rings. The number of hydrogen-bond acceptors (Lipinski definition) is 2. The number of hydrogen-bond donors (Lipinski definition) is 1. The van der Waals surface area contributed by atoms with E-state index in [0.717, 1.165) is 0 Å². The fourth-order valence-electron chi connectivity index (χ4n) is 3.17. The van der Waals surface area contributed by atoms with Gasteiger partial charge in [0.2, 0.25) is 0 Å². The van der Waals surface area contributed by atoms with Crippen LogP contribution >= 0.6 is 0 Å². The lowest BCUT2D eigenvalue weighted by molar-refractivity contribution is -0.0687. The van der Waals surface area contributed by atoms with E-state index in [2.05, 4.69) is 36.6 Å². The molecular weight excluding hydrogens is 222 g/mol. The number of benzene rings is 1. The molecule has 1 N–H and O–H groups in total. The maximum absolute atomic E-state index is 6.31. The summed E-state index contributed by atoms with van der Waals surface area (Å²) >= 11 is 0. The van der Waals surface area contributed by atoms with Gasteiger partial charge in [-0.1, -0.05) is 24.3 Å². The molecule has 2 heteroatoms. The quantitative estimate of drug-likeness (QED) is 0.826. The monoisotopic (exact) mass is 245 g/mol. The van der Waals surface area contributed by atoms with E-state index in [9.17, 15) is 0 Å². The highest BCUT2D eigenvalue weighted by Crippen LogP contribution is 2.34. The Balaban J connectivity index is 1.82. The average Bonchev–Trinajstić information content (AvgIpc) is 2.52. The van der Waals surface area contributed by atoms with E-state index in [4.69, 9.17) is 4.74 Å². The lowest BCUT2D eigenvalue weighted by Crippen LogP contribution is -2.36. The molecule has 0 bridgehead atoms. The minimum Gasteiger partial charge on any atom is -0.373 e. The zero-order chi connectivity index (χ0) is 12.4. The lowest BCUT2D eigenvalue weighted by atomic mass is 9.94. The van der Waals surface area contributed by atoms with Crippen LogP contribution in [0.1, 0.15) is 49.3 Å². The number of fused-ring (bicyclic) bond motifs is 1. The van der Waals surface area contributed by atoms with E-state index < -0.39 is 0 Å². The van der Waals surface area contributed by atoms with Crippen LogP contribution in [0.25, 0.3) is 0 Å². The first-order valence-corrected chi connectivity index (χ1v) is 7.29. The molecular formula is C16H23NO. The van der Waals surface area contributed by atoms with Crippen LogP contribution in [0.4, 0.5) is 0 Å². The third-order valence-corrected chi connectivity index (χ3v) is 4.43. The Bertz CT molecular complexity index is 400.